The van der Waals surface area contributed by atoms with Crippen LogP contribution in [-0.2, 0) is 11.3 Å². The van der Waals surface area contributed by atoms with Crippen molar-refractivity contribution in [1.82, 2.24) is 9.88 Å². The van der Waals surface area contributed by atoms with Gasteiger partial charge in [-0.25, -0.2) is 0 Å². The van der Waals surface area contributed by atoms with E-state index in [-0.39, 0.29) is 0 Å². The molecule has 0 amide bonds. The van der Waals surface area contributed by atoms with E-state index in [2.05, 4.69) is 28.2 Å². The lowest BCUT2D eigenvalue weighted by atomic mass is 10.3. The lowest BCUT2D eigenvalue weighted by molar-refractivity contribution is 0.140. The van der Waals surface area contributed by atoms with Gasteiger partial charge in [0.15, 0.2) is 0 Å². The molecule has 0 aromatic carbocycles. The van der Waals surface area contributed by atoms with Crippen LogP contribution in [0, 0.1) is 0 Å². The van der Waals surface area contributed by atoms with E-state index in [4.69, 9.17) is 4.74 Å². The number of nitrogens with zero attached hydrogens (tertiary/aromatic N) is 2. The van der Waals surface area contributed by atoms with E-state index in [1.807, 2.05) is 12.3 Å². The van der Waals surface area contributed by atoms with Crippen molar-refractivity contribution in [3.05, 3.63) is 24.0 Å². The van der Waals surface area contributed by atoms with E-state index in [1.165, 1.54) is 0 Å². The summed E-state index contributed by atoms with van der Waals surface area (Å²) in [5, 5.41) is 3.31. The van der Waals surface area contributed by atoms with E-state index in [0.29, 0.717) is 0 Å². The lowest BCUT2D eigenvalue weighted by Crippen LogP contribution is -2.26. The number of hydrogen-bond donors (Lipinski definition) is 1. The minimum absolute atomic E-state index is 0.840. The highest BCUT2D eigenvalue weighted by molar-refractivity contribution is 5.42. The first-order chi connectivity index (χ1) is 8.38. The maximum Gasteiger partial charge on any atom is 0.0593 e. The fourth-order valence-electron chi connectivity index (χ4n) is 2.06. The quantitative estimate of drug-likeness (QED) is 0.862. The average Bonchev–Trinajstić information content (AvgIpc) is 2.59. The molecule has 2 rings (SSSR count). The molecule has 0 unspecified atom stereocenters. The molecule has 1 aromatic heterocycles. The predicted molar refractivity (Wildman–Crippen MR) is 69.1 cm³/mol. The van der Waals surface area contributed by atoms with Crippen molar-refractivity contribution < 1.29 is 4.74 Å². The molecule has 0 aliphatic carbocycles. The Labute approximate surface area is 103 Å². The van der Waals surface area contributed by atoms with Gasteiger partial charge in [0.1, 0.15) is 0 Å². The summed E-state index contributed by atoms with van der Waals surface area (Å²) in [7, 11) is 0. The molecule has 0 radical (unpaired) electrons. The number of rotatable bonds is 4. The number of aromatic nitrogens is 1. The molecule has 1 saturated heterocycles. The summed E-state index contributed by atoms with van der Waals surface area (Å²) >= 11 is 0. The summed E-state index contributed by atoms with van der Waals surface area (Å²) in [6, 6.07) is 4.15. The van der Waals surface area contributed by atoms with Crippen molar-refractivity contribution in [3.8, 4) is 0 Å². The van der Waals surface area contributed by atoms with Gasteiger partial charge < -0.3 is 10.1 Å². The Bertz CT molecular complexity index is 335. The minimum atomic E-state index is 0.840. The van der Waals surface area contributed by atoms with Crippen molar-refractivity contribution in [2.24, 2.45) is 0 Å². The molecule has 17 heavy (non-hydrogen) atoms. The van der Waals surface area contributed by atoms with Crippen LogP contribution in [0.1, 0.15) is 19.0 Å². The lowest BCUT2D eigenvalue weighted by Gasteiger charge is -2.18. The van der Waals surface area contributed by atoms with Gasteiger partial charge in [0.05, 0.1) is 12.3 Å². The molecule has 0 atom stereocenters. The molecular formula is C13H21N3O. The molecule has 4 nitrogen and oxygen atoms in total. The molecule has 4 heteroatoms. The molecule has 0 spiro atoms. The van der Waals surface area contributed by atoms with Crippen molar-refractivity contribution >= 4 is 5.69 Å². The van der Waals surface area contributed by atoms with Crippen molar-refractivity contribution in [2.45, 2.75) is 19.9 Å². The summed E-state index contributed by atoms with van der Waals surface area (Å²) in [6.07, 6.45) is 2.99. The van der Waals surface area contributed by atoms with Crippen molar-refractivity contribution in [1.29, 1.82) is 0 Å². The average molecular weight is 235 g/mol. The Morgan fingerprint density at radius 3 is 3.24 bits per heavy atom. The third kappa shape index (κ3) is 3.98. The third-order valence-electron chi connectivity index (χ3n) is 2.90. The van der Waals surface area contributed by atoms with Gasteiger partial charge >= 0.3 is 0 Å². The summed E-state index contributed by atoms with van der Waals surface area (Å²) in [5.74, 6) is 0. The van der Waals surface area contributed by atoms with Crippen LogP contribution in [0.2, 0.25) is 0 Å². The summed E-state index contributed by atoms with van der Waals surface area (Å²) in [5.41, 5.74) is 2.29. The summed E-state index contributed by atoms with van der Waals surface area (Å²) in [6.45, 7) is 7.81. The molecule has 94 valence electrons. The van der Waals surface area contributed by atoms with Crippen molar-refractivity contribution in [2.75, 3.05) is 38.2 Å². The number of ether oxygens (including phenoxy) is 1. The second kappa shape index (κ2) is 6.57. The zero-order chi connectivity index (χ0) is 11.9. The molecule has 1 fully saturated rings. The number of nitrogens with one attached hydrogen (secondary N) is 1. The van der Waals surface area contributed by atoms with Crippen LogP contribution in [0.5, 0.6) is 0 Å². The normalized spacial score (nSPS) is 17.7. The van der Waals surface area contributed by atoms with Gasteiger partial charge in [-0.3, -0.25) is 9.88 Å². The first-order valence-corrected chi connectivity index (χ1v) is 6.37. The van der Waals surface area contributed by atoms with Crippen LogP contribution in [0.15, 0.2) is 18.3 Å². The topological polar surface area (TPSA) is 37.4 Å². The second-order valence-electron chi connectivity index (χ2n) is 4.31. The monoisotopic (exact) mass is 235 g/mol. The van der Waals surface area contributed by atoms with Gasteiger partial charge in [-0.15, -0.1) is 0 Å². The van der Waals surface area contributed by atoms with E-state index < -0.39 is 0 Å². The summed E-state index contributed by atoms with van der Waals surface area (Å²) in [4.78, 5) is 6.83. The third-order valence-corrected chi connectivity index (χ3v) is 2.90. The maximum atomic E-state index is 5.45. The van der Waals surface area contributed by atoms with Crippen LogP contribution < -0.4 is 5.32 Å². The summed E-state index contributed by atoms with van der Waals surface area (Å²) < 4.78 is 5.45. The van der Waals surface area contributed by atoms with Crippen LogP contribution in [0.3, 0.4) is 0 Å². The maximum absolute atomic E-state index is 5.45. The first-order valence-electron chi connectivity index (χ1n) is 6.37. The fraction of sp³-hybridized carbons (Fsp3) is 0.615. The Kier molecular flexibility index (Phi) is 4.76. The highest BCUT2D eigenvalue weighted by Gasteiger charge is 2.10. The highest BCUT2D eigenvalue weighted by atomic mass is 16.5. The first kappa shape index (κ1) is 12.3. The smallest absolute Gasteiger partial charge is 0.0593 e. The van der Waals surface area contributed by atoms with Gasteiger partial charge in [0, 0.05) is 44.7 Å². The standard InChI is InChI=1S/C13H21N3O/c1-2-14-12-4-5-15-13(10-12)11-16-6-3-8-17-9-7-16/h4-5,10H,2-3,6-9,11H2,1H3,(H,14,15). The van der Waals surface area contributed by atoms with E-state index >= 15 is 0 Å². The molecule has 1 N–H and O–H groups in total. The number of hydrogen-bond acceptors (Lipinski definition) is 4. The molecule has 0 bridgehead atoms. The highest BCUT2D eigenvalue weighted by Crippen LogP contribution is 2.11. The van der Waals surface area contributed by atoms with Gasteiger partial charge in [-0.2, -0.15) is 0 Å². The van der Waals surface area contributed by atoms with E-state index in [9.17, 15) is 0 Å². The van der Waals surface area contributed by atoms with Crippen molar-refractivity contribution in [3.63, 3.8) is 0 Å². The Morgan fingerprint density at radius 2 is 2.35 bits per heavy atom. The minimum Gasteiger partial charge on any atom is -0.385 e. The zero-order valence-electron chi connectivity index (χ0n) is 10.5. The van der Waals surface area contributed by atoms with Gasteiger partial charge in [0.25, 0.3) is 0 Å². The van der Waals surface area contributed by atoms with Gasteiger partial charge in [-0.1, -0.05) is 0 Å². The van der Waals surface area contributed by atoms with Gasteiger partial charge in [-0.05, 0) is 25.5 Å². The largest absolute Gasteiger partial charge is 0.385 e. The Morgan fingerprint density at radius 1 is 1.41 bits per heavy atom. The van der Waals surface area contributed by atoms with Gasteiger partial charge in [0.2, 0.25) is 0 Å². The Balaban J connectivity index is 1.94. The molecular weight excluding hydrogens is 214 g/mol. The molecule has 1 aromatic rings. The SMILES string of the molecule is CCNc1ccnc(CN2CCCOCC2)c1. The van der Waals surface area contributed by atoms with E-state index in [0.717, 1.165) is 57.2 Å². The Hall–Kier alpha value is -1.13. The fourth-order valence-corrected chi connectivity index (χ4v) is 2.06. The van der Waals surface area contributed by atoms with Crippen LogP contribution in [0.25, 0.3) is 0 Å². The van der Waals surface area contributed by atoms with Crippen LogP contribution >= 0.6 is 0 Å². The second-order valence-corrected chi connectivity index (χ2v) is 4.31. The van der Waals surface area contributed by atoms with Crippen LogP contribution in [-0.4, -0.2) is 42.7 Å². The molecule has 0 saturated carbocycles. The molecule has 1 aliphatic rings. The number of pyridine rings is 1. The van der Waals surface area contributed by atoms with Crippen LogP contribution in [0.4, 0.5) is 5.69 Å². The zero-order valence-corrected chi connectivity index (χ0v) is 10.5. The molecule has 2 heterocycles. The predicted octanol–water partition coefficient (Wildman–Crippen LogP) is 1.74. The van der Waals surface area contributed by atoms with E-state index in [1.54, 1.807) is 0 Å². The molecule has 1 aliphatic heterocycles. The number of anilines is 1.